The number of nitrogens with one attached hydrogen (secondary N) is 1. The Balaban J connectivity index is 2.03. The summed E-state index contributed by atoms with van der Waals surface area (Å²) in [5, 5.41) is 20.8. The Bertz CT molecular complexity index is 710. The first kappa shape index (κ1) is 15.0. The fraction of sp³-hybridized carbons (Fsp3) is 0. The molecule has 0 fully saturated rings. The van der Waals surface area contributed by atoms with Gasteiger partial charge in [-0.05, 0) is 52.0 Å². The molecular formula is C14H8BrN5S. The van der Waals surface area contributed by atoms with E-state index in [1.807, 2.05) is 24.3 Å². The Labute approximate surface area is 134 Å². The Morgan fingerprint density at radius 1 is 1.14 bits per heavy atom. The molecule has 0 bridgehead atoms. The highest BCUT2D eigenvalue weighted by Gasteiger charge is 2.00. The quantitative estimate of drug-likeness (QED) is 0.662. The van der Waals surface area contributed by atoms with Crippen molar-refractivity contribution >= 4 is 33.4 Å². The minimum atomic E-state index is 0.0247. The van der Waals surface area contributed by atoms with Crippen molar-refractivity contribution in [2.45, 2.75) is 10.1 Å². The smallest absolute Gasteiger partial charge is 0.192 e. The van der Waals surface area contributed by atoms with E-state index in [1.54, 1.807) is 24.5 Å². The first-order chi connectivity index (χ1) is 10.2. The summed E-state index contributed by atoms with van der Waals surface area (Å²) in [6.45, 7) is 0. The SMILES string of the molecule is N#CC(C#N)=CNc1ccc(Sc2ncc(Br)cn2)cc1. The molecule has 0 spiro atoms. The lowest BCUT2D eigenvalue weighted by atomic mass is 10.3. The number of halogens is 1. The lowest BCUT2D eigenvalue weighted by Gasteiger charge is -2.03. The summed E-state index contributed by atoms with van der Waals surface area (Å²) in [5.74, 6) is 0. The number of hydrogen-bond acceptors (Lipinski definition) is 6. The van der Waals surface area contributed by atoms with Crippen LogP contribution in [0.5, 0.6) is 0 Å². The van der Waals surface area contributed by atoms with E-state index in [0.29, 0.717) is 5.16 Å². The molecule has 0 radical (unpaired) electrons. The Hall–Kier alpha value is -2.35. The van der Waals surface area contributed by atoms with Crippen molar-refractivity contribution < 1.29 is 0 Å². The average Bonchev–Trinajstić information content (AvgIpc) is 2.52. The third-order valence-corrected chi connectivity index (χ3v) is 3.59. The molecule has 0 saturated carbocycles. The van der Waals surface area contributed by atoms with Crippen molar-refractivity contribution in [2.75, 3.05) is 5.32 Å². The third-order valence-electron chi connectivity index (χ3n) is 2.28. The monoisotopic (exact) mass is 357 g/mol. The molecule has 1 N–H and O–H groups in total. The van der Waals surface area contributed by atoms with E-state index in [4.69, 9.17) is 10.5 Å². The van der Waals surface area contributed by atoms with Gasteiger partial charge in [0.05, 0.1) is 4.47 Å². The summed E-state index contributed by atoms with van der Waals surface area (Å²) < 4.78 is 0.837. The first-order valence-corrected chi connectivity index (χ1v) is 7.34. The Morgan fingerprint density at radius 3 is 2.33 bits per heavy atom. The van der Waals surface area contributed by atoms with Gasteiger partial charge in [0.1, 0.15) is 17.7 Å². The van der Waals surface area contributed by atoms with Crippen molar-refractivity contribution in [3.8, 4) is 12.1 Å². The number of benzene rings is 1. The number of aromatic nitrogens is 2. The molecule has 21 heavy (non-hydrogen) atoms. The van der Waals surface area contributed by atoms with Gasteiger partial charge in [-0.2, -0.15) is 10.5 Å². The van der Waals surface area contributed by atoms with Crippen LogP contribution in [0.1, 0.15) is 0 Å². The van der Waals surface area contributed by atoms with E-state index < -0.39 is 0 Å². The second kappa shape index (κ2) is 7.44. The summed E-state index contributed by atoms with van der Waals surface area (Å²) in [6.07, 6.45) is 4.77. The third kappa shape index (κ3) is 4.60. The van der Waals surface area contributed by atoms with Crippen LogP contribution in [0.3, 0.4) is 0 Å². The predicted molar refractivity (Wildman–Crippen MR) is 83.2 cm³/mol. The van der Waals surface area contributed by atoms with E-state index in [1.165, 1.54) is 18.0 Å². The van der Waals surface area contributed by atoms with Crippen molar-refractivity contribution in [1.29, 1.82) is 10.5 Å². The van der Waals surface area contributed by atoms with Gasteiger partial charge in [0.25, 0.3) is 0 Å². The van der Waals surface area contributed by atoms with Crippen LogP contribution in [0.25, 0.3) is 0 Å². The van der Waals surface area contributed by atoms with Crippen molar-refractivity contribution in [3.05, 3.63) is 52.9 Å². The second-order valence-corrected chi connectivity index (χ2v) is 5.69. The molecular weight excluding hydrogens is 350 g/mol. The molecule has 0 saturated heterocycles. The van der Waals surface area contributed by atoms with Crippen LogP contribution >= 0.6 is 27.7 Å². The summed E-state index contributed by atoms with van der Waals surface area (Å²) in [5.41, 5.74) is 0.816. The molecule has 0 aliphatic heterocycles. The van der Waals surface area contributed by atoms with E-state index >= 15 is 0 Å². The van der Waals surface area contributed by atoms with E-state index in [-0.39, 0.29) is 5.57 Å². The van der Waals surface area contributed by atoms with Gasteiger partial charge >= 0.3 is 0 Å². The normalized spacial score (nSPS) is 9.29. The van der Waals surface area contributed by atoms with Gasteiger partial charge in [0.15, 0.2) is 5.16 Å². The summed E-state index contributed by atoms with van der Waals surface area (Å²) in [6, 6.07) is 11.1. The number of rotatable bonds is 4. The maximum absolute atomic E-state index is 8.63. The first-order valence-electron chi connectivity index (χ1n) is 5.73. The number of hydrogen-bond donors (Lipinski definition) is 1. The summed E-state index contributed by atoms with van der Waals surface area (Å²) in [7, 11) is 0. The van der Waals surface area contributed by atoms with Gasteiger partial charge in [-0.3, -0.25) is 0 Å². The summed E-state index contributed by atoms with van der Waals surface area (Å²) >= 11 is 4.73. The van der Waals surface area contributed by atoms with Gasteiger partial charge in [0.2, 0.25) is 0 Å². The maximum Gasteiger partial charge on any atom is 0.192 e. The molecule has 7 heteroatoms. The van der Waals surface area contributed by atoms with E-state index in [9.17, 15) is 0 Å². The summed E-state index contributed by atoms with van der Waals surface area (Å²) in [4.78, 5) is 9.36. The predicted octanol–water partition coefficient (Wildman–Crippen LogP) is 3.73. The van der Waals surface area contributed by atoms with E-state index in [0.717, 1.165) is 15.1 Å². The molecule has 0 aliphatic rings. The molecule has 2 aromatic rings. The zero-order chi connectivity index (χ0) is 15.1. The van der Waals surface area contributed by atoms with Crippen LogP contribution in [0.15, 0.2) is 63.0 Å². The molecule has 0 atom stereocenters. The number of nitrogens with zero attached hydrogens (tertiary/aromatic N) is 4. The average molecular weight is 358 g/mol. The number of anilines is 1. The highest BCUT2D eigenvalue weighted by atomic mass is 79.9. The van der Waals surface area contributed by atoms with Crippen LogP contribution < -0.4 is 5.32 Å². The van der Waals surface area contributed by atoms with Gasteiger partial charge in [0, 0.05) is 29.2 Å². The molecule has 1 aromatic heterocycles. The van der Waals surface area contributed by atoms with Crippen molar-refractivity contribution in [3.63, 3.8) is 0 Å². The molecule has 5 nitrogen and oxygen atoms in total. The Morgan fingerprint density at radius 2 is 1.76 bits per heavy atom. The van der Waals surface area contributed by atoms with Gasteiger partial charge < -0.3 is 5.32 Å². The lowest BCUT2D eigenvalue weighted by molar-refractivity contribution is 0.958. The van der Waals surface area contributed by atoms with E-state index in [2.05, 4.69) is 31.2 Å². The zero-order valence-corrected chi connectivity index (χ0v) is 13.0. The van der Waals surface area contributed by atoms with Gasteiger partial charge in [-0.15, -0.1) is 0 Å². The Kier molecular flexibility index (Phi) is 5.33. The zero-order valence-electron chi connectivity index (χ0n) is 10.6. The molecule has 1 aromatic carbocycles. The van der Waals surface area contributed by atoms with Crippen molar-refractivity contribution in [1.82, 2.24) is 9.97 Å². The largest absolute Gasteiger partial charge is 0.360 e. The fourth-order valence-electron chi connectivity index (χ4n) is 1.32. The maximum atomic E-state index is 8.63. The highest BCUT2D eigenvalue weighted by Crippen LogP contribution is 2.26. The van der Waals surface area contributed by atoms with Crippen LogP contribution in [0.4, 0.5) is 5.69 Å². The number of allylic oxidation sites excluding steroid dienone is 1. The van der Waals surface area contributed by atoms with Gasteiger partial charge in [-0.1, -0.05) is 0 Å². The van der Waals surface area contributed by atoms with Gasteiger partial charge in [-0.25, -0.2) is 9.97 Å². The van der Waals surface area contributed by atoms with Crippen molar-refractivity contribution in [2.24, 2.45) is 0 Å². The standard InChI is InChI=1S/C14H8BrN5S/c15-11-8-19-14(20-9-11)21-13-3-1-12(2-4-13)18-7-10(5-16)6-17/h1-4,7-9,18H. The molecule has 2 rings (SSSR count). The van der Waals surface area contributed by atoms with Crippen LogP contribution in [-0.2, 0) is 0 Å². The minimum absolute atomic E-state index is 0.0247. The molecule has 0 aliphatic carbocycles. The molecule has 0 unspecified atom stereocenters. The van der Waals surface area contributed by atoms with Crippen LogP contribution in [0.2, 0.25) is 0 Å². The molecule has 1 heterocycles. The van der Waals surface area contributed by atoms with Crippen LogP contribution in [-0.4, -0.2) is 9.97 Å². The fourth-order valence-corrected chi connectivity index (χ4v) is 2.22. The molecule has 0 amide bonds. The number of nitriles is 2. The molecule has 102 valence electrons. The lowest BCUT2D eigenvalue weighted by Crippen LogP contribution is -1.89. The minimum Gasteiger partial charge on any atom is -0.360 e. The highest BCUT2D eigenvalue weighted by molar-refractivity contribution is 9.10. The van der Waals surface area contributed by atoms with Crippen LogP contribution in [0, 0.1) is 22.7 Å². The topological polar surface area (TPSA) is 85.4 Å². The second-order valence-electron chi connectivity index (χ2n) is 3.74.